The minimum absolute atomic E-state index is 0.000344. The molecule has 0 radical (unpaired) electrons. The number of Topliss-reactive ketones (excluding diaryl/α,β-unsaturated/α-hetero) is 1. The quantitative estimate of drug-likeness (QED) is 0.508. The summed E-state index contributed by atoms with van der Waals surface area (Å²) >= 11 is 0. The van der Waals surface area contributed by atoms with Crippen molar-refractivity contribution >= 4 is 17.4 Å². The van der Waals surface area contributed by atoms with Crippen molar-refractivity contribution in [3.05, 3.63) is 23.3 Å². The molecule has 0 bridgehead atoms. The van der Waals surface area contributed by atoms with Crippen LogP contribution in [0.3, 0.4) is 0 Å². The lowest BCUT2D eigenvalue weighted by Crippen LogP contribution is -2.12. The van der Waals surface area contributed by atoms with Gasteiger partial charge in [-0.2, -0.15) is 0 Å². The smallest absolute Gasteiger partial charge is 0.339 e. The fraction of sp³-hybridized carbons (Fsp3) is 0.273. The van der Waals surface area contributed by atoms with Crippen molar-refractivity contribution in [1.82, 2.24) is 0 Å². The van der Waals surface area contributed by atoms with E-state index in [4.69, 9.17) is 21.3 Å². The van der Waals surface area contributed by atoms with E-state index in [1.807, 2.05) is 0 Å². The average molecular weight is 238 g/mol. The number of methoxy groups -OCH3 is 1. The van der Waals surface area contributed by atoms with Crippen LogP contribution in [0.4, 0.5) is 5.69 Å². The maximum atomic E-state index is 11.7. The number of benzene rings is 1. The van der Waals surface area contributed by atoms with Gasteiger partial charge in [0, 0.05) is 12.0 Å². The van der Waals surface area contributed by atoms with Gasteiger partial charge < -0.3 is 21.3 Å². The second-order valence-corrected chi connectivity index (χ2v) is 3.37. The third-order valence-electron chi connectivity index (χ3n) is 2.30. The van der Waals surface area contributed by atoms with Crippen LogP contribution in [0.1, 0.15) is 27.1 Å². The number of aromatic carboxylic acids is 1. The van der Waals surface area contributed by atoms with Gasteiger partial charge in [-0.05, 0) is 18.7 Å². The highest BCUT2D eigenvalue weighted by molar-refractivity contribution is 6.04. The number of carbonyl (C=O) groups excluding carboxylic acids is 1. The molecular formula is C11H14N2O4. The number of carbonyl (C=O) groups is 2. The molecule has 0 spiro atoms. The molecule has 6 nitrogen and oxygen atoms in total. The third-order valence-corrected chi connectivity index (χ3v) is 2.30. The van der Waals surface area contributed by atoms with E-state index in [-0.39, 0.29) is 41.3 Å². The molecule has 17 heavy (non-hydrogen) atoms. The maximum absolute atomic E-state index is 11.7. The number of ether oxygens (including phenoxy) is 1. The predicted octanol–water partition coefficient (Wildman–Crippen LogP) is 0.507. The van der Waals surface area contributed by atoms with E-state index in [0.29, 0.717) is 0 Å². The molecule has 0 amide bonds. The third kappa shape index (κ3) is 2.54. The first-order chi connectivity index (χ1) is 8.02. The first-order valence-corrected chi connectivity index (χ1v) is 4.96. The molecule has 0 fully saturated rings. The monoisotopic (exact) mass is 238 g/mol. The average Bonchev–Trinajstić information content (AvgIpc) is 2.28. The summed E-state index contributed by atoms with van der Waals surface area (Å²) in [5, 5.41) is 8.91. The molecule has 0 atom stereocenters. The molecule has 1 aromatic rings. The number of hydrogen-bond donors (Lipinski definition) is 3. The van der Waals surface area contributed by atoms with Gasteiger partial charge in [-0.1, -0.05) is 0 Å². The molecule has 0 aliphatic carbocycles. The molecule has 92 valence electrons. The molecule has 6 heteroatoms. The summed E-state index contributed by atoms with van der Waals surface area (Å²) in [6, 6.07) is 2.67. The van der Waals surface area contributed by atoms with Gasteiger partial charge >= 0.3 is 5.97 Å². The molecule has 0 aliphatic heterocycles. The fourth-order valence-corrected chi connectivity index (χ4v) is 1.50. The van der Waals surface area contributed by atoms with Crippen molar-refractivity contribution in [2.45, 2.75) is 6.42 Å². The van der Waals surface area contributed by atoms with Crippen LogP contribution >= 0.6 is 0 Å². The molecule has 0 unspecified atom stereocenters. The van der Waals surface area contributed by atoms with Crippen molar-refractivity contribution < 1.29 is 19.4 Å². The Hall–Kier alpha value is -2.08. The van der Waals surface area contributed by atoms with Crippen LogP contribution in [0, 0.1) is 0 Å². The van der Waals surface area contributed by atoms with Crippen LogP contribution in [-0.4, -0.2) is 30.5 Å². The van der Waals surface area contributed by atoms with Crippen molar-refractivity contribution in [2.24, 2.45) is 5.73 Å². The van der Waals surface area contributed by atoms with Crippen LogP contribution in [0.5, 0.6) is 5.75 Å². The summed E-state index contributed by atoms with van der Waals surface area (Å²) in [5.41, 5.74) is 11.2. The highest BCUT2D eigenvalue weighted by Gasteiger charge is 2.19. The van der Waals surface area contributed by atoms with E-state index >= 15 is 0 Å². The Labute approximate surface area is 98.2 Å². The summed E-state index contributed by atoms with van der Waals surface area (Å²) < 4.78 is 4.92. The van der Waals surface area contributed by atoms with Crippen molar-refractivity contribution in [3.63, 3.8) is 0 Å². The van der Waals surface area contributed by atoms with Gasteiger partial charge in [-0.3, -0.25) is 4.79 Å². The Morgan fingerprint density at radius 3 is 2.41 bits per heavy atom. The molecular weight excluding hydrogens is 224 g/mol. The van der Waals surface area contributed by atoms with Gasteiger partial charge in [0.05, 0.1) is 12.8 Å². The lowest BCUT2D eigenvalue weighted by atomic mass is 10.0. The van der Waals surface area contributed by atoms with Gasteiger partial charge in [0.1, 0.15) is 5.56 Å². The van der Waals surface area contributed by atoms with Gasteiger partial charge in [0.2, 0.25) is 0 Å². The number of carboxylic acids is 1. The number of carboxylic acid groups (broad SMARTS) is 1. The minimum atomic E-state index is -1.16. The van der Waals surface area contributed by atoms with Crippen LogP contribution in [0.25, 0.3) is 0 Å². The van der Waals surface area contributed by atoms with Crippen molar-refractivity contribution in [2.75, 3.05) is 19.4 Å². The van der Waals surface area contributed by atoms with Crippen LogP contribution in [0.2, 0.25) is 0 Å². The van der Waals surface area contributed by atoms with Gasteiger partial charge in [0.25, 0.3) is 0 Å². The van der Waals surface area contributed by atoms with Crippen LogP contribution in [-0.2, 0) is 0 Å². The lowest BCUT2D eigenvalue weighted by molar-refractivity contribution is 0.0693. The Balaban J connectivity index is 3.29. The number of nitrogen functional groups attached to an aromatic ring is 1. The molecule has 0 heterocycles. The Kier molecular flexibility index (Phi) is 4.06. The summed E-state index contributed by atoms with van der Waals surface area (Å²) in [4.78, 5) is 22.6. The standard InChI is InChI=1S/C11H14N2O4/c1-17-10-7(11(15)16)3-2-6(9(10)13)8(14)4-5-12/h2-3H,4-5,12-13H2,1H3,(H,15,16). The molecule has 0 saturated carbocycles. The van der Waals surface area contributed by atoms with E-state index in [0.717, 1.165) is 0 Å². The van der Waals surface area contributed by atoms with Crippen LogP contribution < -0.4 is 16.2 Å². The molecule has 0 aromatic heterocycles. The summed E-state index contributed by atoms with van der Waals surface area (Å²) in [5.74, 6) is -1.40. The first kappa shape index (κ1) is 13.0. The zero-order valence-corrected chi connectivity index (χ0v) is 9.40. The van der Waals surface area contributed by atoms with Crippen molar-refractivity contribution in [1.29, 1.82) is 0 Å². The first-order valence-electron chi connectivity index (χ1n) is 4.96. The van der Waals surface area contributed by atoms with E-state index in [9.17, 15) is 9.59 Å². The molecule has 0 saturated heterocycles. The summed E-state index contributed by atoms with van der Waals surface area (Å²) in [7, 11) is 1.30. The van der Waals surface area contributed by atoms with E-state index in [2.05, 4.69) is 0 Å². The second-order valence-electron chi connectivity index (χ2n) is 3.37. The highest BCUT2D eigenvalue weighted by atomic mass is 16.5. The Bertz CT molecular complexity index is 457. The largest absolute Gasteiger partial charge is 0.494 e. The predicted molar refractivity (Wildman–Crippen MR) is 62.4 cm³/mol. The molecule has 1 rings (SSSR count). The number of rotatable bonds is 5. The summed E-state index contributed by atoms with van der Waals surface area (Å²) in [6.45, 7) is 0.210. The number of nitrogens with two attached hydrogens (primary N) is 2. The van der Waals surface area contributed by atoms with Gasteiger partial charge in [0.15, 0.2) is 11.5 Å². The van der Waals surface area contributed by atoms with Gasteiger partial charge in [-0.15, -0.1) is 0 Å². The lowest BCUT2D eigenvalue weighted by Gasteiger charge is -2.11. The molecule has 5 N–H and O–H groups in total. The van der Waals surface area contributed by atoms with E-state index in [1.165, 1.54) is 19.2 Å². The number of hydrogen-bond acceptors (Lipinski definition) is 5. The van der Waals surface area contributed by atoms with Crippen LogP contribution in [0.15, 0.2) is 12.1 Å². The van der Waals surface area contributed by atoms with E-state index in [1.54, 1.807) is 0 Å². The molecule has 0 aliphatic rings. The number of ketones is 1. The summed E-state index contributed by atoms with van der Waals surface area (Å²) in [6.07, 6.45) is 0.153. The van der Waals surface area contributed by atoms with Gasteiger partial charge in [-0.25, -0.2) is 4.79 Å². The highest BCUT2D eigenvalue weighted by Crippen LogP contribution is 2.30. The van der Waals surface area contributed by atoms with Crippen molar-refractivity contribution in [3.8, 4) is 5.75 Å². The normalized spacial score (nSPS) is 10.0. The zero-order chi connectivity index (χ0) is 13.0. The minimum Gasteiger partial charge on any atom is -0.494 e. The SMILES string of the molecule is COc1c(C(=O)O)ccc(C(=O)CCN)c1N. The maximum Gasteiger partial charge on any atom is 0.339 e. The second kappa shape index (κ2) is 5.31. The Morgan fingerprint density at radius 2 is 1.94 bits per heavy atom. The zero-order valence-electron chi connectivity index (χ0n) is 9.40. The Morgan fingerprint density at radius 1 is 1.35 bits per heavy atom. The molecule has 1 aromatic carbocycles. The van der Waals surface area contributed by atoms with E-state index < -0.39 is 5.97 Å². The number of anilines is 1. The topological polar surface area (TPSA) is 116 Å². The fourth-order valence-electron chi connectivity index (χ4n) is 1.50.